The number of anilines is 2. The van der Waals surface area contributed by atoms with Crippen molar-refractivity contribution in [3.05, 3.63) is 64.7 Å². The van der Waals surface area contributed by atoms with Crippen molar-refractivity contribution in [2.45, 2.75) is 19.3 Å². The molecule has 8 nitrogen and oxygen atoms in total. The summed E-state index contributed by atoms with van der Waals surface area (Å²) in [6, 6.07) is 12.6. The van der Waals surface area contributed by atoms with Gasteiger partial charge in [0.05, 0.1) is 14.2 Å². The summed E-state index contributed by atoms with van der Waals surface area (Å²) in [5.74, 6) is 0.604. The number of nitrogens with zero attached hydrogens (tertiary/aromatic N) is 2. The Hall–Kier alpha value is -3.59. The fourth-order valence-electron chi connectivity index (χ4n) is 3.25. The minimum Gasteiger partial charge on any atom is -0.493 e. The van der Waals surface area contributed by atoms with Crippen LogP contribution in [0.4, 0.5) is 10.8 Å². The topological polar surface area (TPSA) is 92.8 Å². The van der Waals surface area contributed by atoms with E-state index >= 15 is 0 Å². The van der Waals surface area contributed by atoms with E-state index in [1.165, 1.54) is 18.4 Å². The largest absolute Gasteiger partial charge is 0.493 e. The highest BCUT2D eigenvalue weighted by Gasteiger charge is 2.23. The highest BCUT2D eigenvalue weighted by atomic mass is 32.1. The Labute approximate surface area is 203 Å². The molecule has 0 aliphatic carbocycles. The van der Waals surface area contributed by atoms with Gasteiger partial charge in [-0.15, -0.1) is 11.3 Å². The van der Waals surface area contributed by atoms with Crippen molar-refractivity contribution in [1.82, 2.24) is 10.3 Å². The molecule has 3 aromatic rings. The second kappa shape index (κ2) is 10.6. The van der Waals surface area contributed by atoms with E-state index in [1.807, 2.05) is 43.3 Å². The van der Waals surface area contributed by atoms with Gasteiger partial charge in [-0.05, 0) is 35.9 Å². The number of thiazole rings is 1. The number of carbonyl (C=O) groups is 2. The smallest absolute Gasteiger partial charge is 0.270 e. The third-order valence-electron chi connectivity index (χ3n) is 5.37. The minimum absolute atomic E-state index is 0.198. The van der Waals surface area contributed by atoms with Crippen LogP contribution in [0.3, 0.4) is 0 Å². The Balaban J connectivity index is 1.62. The Morgan fingerprint density at radius 2 is 1.68 bits per heavy atom. The molecule has 0 saturated heterocycles. The number of ether oxygens (including phenoxy) is 2. The predicted octanol–water partition coefficient (Wildman–Crippen LogP) is 4.19. The third-order valence-corrected chi connectivity index (χ3v) is 6.38. The molecule has 2 N–H and O–H groups in total. The number of benzene rings is 2. The molecule has 9 heteroatoms. The molecule has 1 heterocycles. The van der Waals surface area contributed by atoms with E-state index in [4.69, 9.17) is 9.47 Å². The van der Waals surface area contributed by atoms with E-state index in [9.17, 15) is 9.59 Å². The van der Waals surface area contributed by atoms with Gasteiger partial charge in [0, 0.05) is 42.7 Å². The van der Waals surface area contributed by atoms with Crippen LogP contribution in [0.1, 0.15) is 40.3 Å². The van der Waals surface area contributed by atoms with Crippen LogP contribution in [0, 0.1) is 0 Å². The zero-order valence-corrected chi connectivity index (χ0v) is 21.1. The average molecular weight is 483 g/mol. The molecular formula is C25H30N4O4S. The number of carbonyl (C=O) groups excluding carboxylic acids is 2. The van der Waals surface area contributed by atoms with Crippen LogP contribution in [-0.2, 0) is 5.41 Å². The van der Waals surface area contributed by atoms with Gasteiger partial charge in [-0.2, -0.15) is 0 Å². The molecule has 0 radical (unpaired) electrons. The molecule has 3 rings (SSSR count). The first-order chi connectivity index (χ1) is 16.1. The van der Waals surface area contributed by atoms with Crippen molar-refractivity contribution in [3.8, 4) is 11.5 Å². The van der Waals surface area contributed by atoms with Crippen LogP contribution in [0.15, 0.2) is 47.8 Å². The summed E-state index contributed by atoms with van der Waals surface area (Å²) in [4.78, 5) is 31.4. The standard InChI is InChI=1S/C25H30N4O4S/c1-25(2,15-26-23(31)19-14-34-24(28-19)29(3)4)17-8-10-18(11-9-17)27-22(30)16-7-12-20(32-5)21(13-16)33-6/h7-14H,15H2,1-6H3,(H,26,31)(H,27,30). The lowest BCUT2D eigenvalue weighted by molar-refractivity contribution is 0.0940. The summed E-state index contributed by atoms with van der Waals surface area (Å²) in [5, 5.41) is 8.41. The number of hydrogen-bond donors (Lipinski definition) is 2. The molecule has 0 saturated carbocycles. The zero-order valence-electron chi connectivity index (χ0n) is 20.3. The molecule has 0 bridgehead atoms. The van der Waals surface area contributed by atoms with E-state index in [-0.39, 0.29) is 17.2 Å². The predicted molar refractivity (Wildman–Crippen MR) is 136 cm³/mol. The Bertz CT molecular complexity index is 1160. The normalized spacial score (nSPS) is 11.0. The van der Waals surface area contributed by atoms with Crippen molar-refractivity contribution in [1.29, 1.82) is 0 Å². The van der Waals surface area contributed by atoms with Crippen LogP contribution in [0.25, 0.3) is 0 Å². The maximum Gasteiger partial charge on any atom is 0.270 e. The Morgan fingerprint density at radius 3 is 2.26 bits per heavy atom. The van der Waals surface area contributed by atoms with Gasteiger partial charge in [0.25, 0.3) is 11.8 Å². The lowest BCUT2D eigenvalue weighted by Gasteiger charge is -2.25. The van der Waals surface area contributed by atoms with Crippen LogP contribution in [-0.4, -0.2) is 51.7 Å². The molecule has 180 valence electrons. The molecule has 0 spiro atoms. The molecule has 0 unspecified atom stereocenters. The SMILES string of the molecule is COc1ccc(C(=O)Nc2ccc(C(C)(C)CNC(=O)c3csc(N(C)C)n3)cc2)cc1OC. The van der Waals surface area contributed by atoms with Gasteiger partial charge in [-0.1, -0.05) is 26.0 Å². The van der Waals surface area contributed by atoms with E-state index in [2.05, 4.69) is 29.5 Å². The fourth-order valence-corrected chi connectivity index (χ4v) is 3.99. The highest BCUT2D eigenvalue weighted by molar-refractivity contribution is 7.13. The van der Waals surface area contributed by atoms with Gasteiger partial charge in [0.15, 0.2) is 16.6 Å². The summed E-state index contributed by atoms with van der Waals surface area (Å²) in [6.07, 6.45) is 0. The van der Waals surface area contributed by atoms with Crippen LogP contribution < -0.4 is 25.0 Å². The van der Waals surface area contributed by atoms with Crippen molar-refractivity contribution in [2.24, 2.45) is 0 Å². The van der Waals surface area contributed by atoms with Crippen molar-refractivity contribution >= 4 is 34.0 Å². The first kappa shape index (κ1) is 25.0. The molecule has 0 aliphatic rings. The average Bonchev–Trinajstić information content (AvgIpc) is 3.33. The molecule has 34 heavy (non-hydrogen) atoms. The van der Waals surface area contributed by atoms with E-state index in [0.717, 1.165) is 10.7 Å². The van der Waals surface area contributed by atoms with Crippen molar-refractivity contribution in [3.63, 3.8) is 0 Å². The van der Waals surface area contributed by atoms with Gasteiger partial charge >= 0.3 is 0 Å². The van der Waals surface area contributed by atoms with Gasteiger partial charge in [-0.25, -0.2) is 4.98 Å². The molecule has 0 aliphatic heterocycles. The summed E-state index contributed by atoms with van der Waals surface area (Å²) < 4.78 is 10.5. The number of hydrogen-bond acceptors (Lipinski definition) is 7. The van der Waals surface area contributed by atoms with Crippen LogP contribution in [0.5, 0.6) is 11.5 Å². The van der Waals surface area contributed by atoms with E-state index < -0.39 is 0 Å². The number of aromatic nitrogens is 1. The Morgan fingerprint density at radius 1 is 1.00 bits per heavy atom. The lowest BCUT2D eigenvalue weighted by Crippen LogP contribution is -2.36. The van der Waals surface area contributed by atoms with Gasteiger partial charge in [-0.3, -0.25) is 9.59 Å². The van der Waals surface area contributed by atoms with E-state index in [1.54, 1.807) is 30.7 Å². The van der Waals surface area contributed by atoms with E-state index in [0.29, 0.717) is 35.0 Å². The quantitative estimate of drug-likeness (QED) is 0.475. The Kier molecular flexibility index (Phi) is 7.78. The summed E-state index contributed by atoms with van der Waals surface area (Å²) in [7, 11) is 6.86. The third kappa shape index (κ3) is 5.85. The number of rotatable bonds is 9. The second-order valence-corrected chi connectivity index (χ2v) is 9.41. The molecule has 2 aromatic carbocycles. The van der Waals surface area contributed by atoms with Crippen molar-refractivity contribution in [2.75, 3.05) is 45.1 Å². The van der Waals surface area contributed by atoms with Gasteiger partial charge in [0.1, 0.15) is 5.69 Å². The fraction of sp³-hybridized carbons (Fsp3) is 0.320. The summed E-state index contributed by atoms with van der Waals surface area (Å²) >= 11 is 1.43. The highest BCUT2D eigenvalue weighted by Crippen LogP contribution is 2.28. The molecule has 0 atom stereocenters. The lowest BCUT2D eigenvalue weighted by atomic mass is 9.84. The first-order valence-corrected chi connectivity index (χ1v) is 11.6. The van der Waals surface area contributed by atoms with Crippen LogP contribution >= 0.6 is 11.3 Å². The molecular weight excluding hydrogens is 452 g/mol. The monoisotopic (exact) mass is 482 g/mol. The minimum atomic E-state index is -0.318. The number of amides is 2. The summed E-state index contributed by atoms with van der Waals surface area (Å²) in [5.41, 5.74) is 2.26. The first-order valence-electron chi connectivity index (χ1n) is 10.7. The number of nitrogens with one attached hydrogen (secondary N) is 2. The second-order valence-electron chi connectivity index (χ2n) is 8.58. The van der Waals surface area contributed by atoms with Gasteiger partial charge in [0.2, 0.25) is 0 Å². The van der Waals surface area contributed by atoms with Gasteiger partial charge < -0.3 is 25.0 Å². The number of methoxy groups -OCH3 is 2. The molecule has 1 aromatic heterocycles. The summed E-state index contributed by atoms with van der Waals surface area (Å²) in [6.45, 7) is 4.55. The maximum atomic E-state index is 12.7. The maximum absolute atomic E-state index is 12.7. The van der Waals surface area contributed by atoms with Crippen LogP contribution in [0.2, 0.25) is 0 Å². The molecule has 0 fully saturated rings. The molecule has 2 amide bonds. The van der Waals surface area contributed by atoms with Crippen molar-refractivity contribution < 1.29 is 19.1 Å². The zero-order chi connectivity index (χ0) is 24.9.